The minimum Gasteiger partial charge on any atom is -0.252 e. The Labute approximate surface area is 116 Å². The molecule has 92 valence electrons. The Hall–Kier alpha value is -1.30. The molecule has 0 unspecified atom stereocenters. The van der Waals surface area contributed by atoms with Gasteiger partial charge in [-0.1, -0.05) is 37.0 Å². The number of benzene rings is 1. The van der Waals surface area contributed by atoms with Crippen LogP contribution in [-0.2, 0) is 6.42 Å². The van der Waals surface area contributed by atoms with Gasteiger partial charge in [0.15, 0.2) is 0 Å². The third-order valence-electron chi connectivity index (χ3n) is 2.79. The quantitative estimate of drug-likeness (QED) is 0.796. The van der Waals surface area contributed by atoms with Gasteiger partial charge in [0.25, 0.3) is 0 Å². The molecular weight excluding hydrogens is 267 g/mol. The van der Waals surface area contributed by atoms with Crippen LogP contribution in [0, 0.1) is 11.3 Å². The standard InChI is InChI=1S/C14H12Cl2N2/c1-8(2)12-5-9(3-4-17)14-11(16)6-10(15)7-13(14)18-12/h5-8H,3H2,1-2H3. The Bertz CT molecular complexity index is 642. The fourth-order valence-corrected chi connectivity index (χ4v) is 2.51. The molecule has 0 atom stereocenters. The smallest absolute Gasteiger partial charge is 0.0738 e. The zero-order chi connectivity index (χ0) is 13.3. The Morgan fingerprint density at radius 3 is 2.61 bits per heavy atom. The van der Waals surface area contributed by atoms with E-state index in [0.29, 0.717) is 22.4 Å². The van der Waals surface area contributed by atoms with E-state index >= 15 is 0 Å². The minimum absolute atomic E-state index is 0.296. The van der Waals surface area contributed by atoms with E-state index in [-0.39, 0.29) is 0 Å². The van der Waals surface area contributed by atoms with Crippen molar-refractivity contribution in [2.75, 3.05) is 0 Å². The maximum Gasteiger partial charge on any atom is 0.0738 e. The van der Waals surface area contributed by atoms with Gasteiger partial charge >= 0.3 is 0 Å². The fraction of sp³-hybridized carbons (Fsp3) is 0.286. The molecule has 1 heterocycles. The number of hydrogen-bond acceptors (Lipinski definition) is 2. The van der Waals surface area contributed by atoms with Gasteiger partial charge in [0, 0.05) is 16.1 Å². The van der Waals surface area contributed by atoms with Crippen LogP contribution in [0.2, 0.25) is 10.0 Å². The van der Waals surface area contributed by atoms with Crippen LogP contribution in [0.5, 0.6) is 0 Å². The number of nitrogens with zero attached hydrogens (tertiary/aromatic N) is 2. The van der Waals surface area contributed by atoms with Crippen molar-refractivity contribution < 1.29 is 0 Å². The summed E-state index contributed by atoms with van der Waals surface area (Å²) >= 11 is 12.2. The third-order valence-corrected chi connectivity index (χ3v) is 3.30. The summed E-state index contributed by atoms with van der Waals surface area (Å²) in [5.74, 6) is 0.296. The molecule has 0 aliphatic carbocycles. The van der Waals surface area contributed by atoms with Crippen LogP contribution in [-0.4, -0.2) is 4.98 Å². The van der Waals surface area contributed by atoms with Crippen molar-refractivity contribution >= 4 is 34.1 Å². The highest BCUT2D eigenvalue weighted by atomic mass is 35.5. The molecule has 0 saturated heterocycles. The molecule has 1 aromatic carbocycles. The highest BCUT2D eigenvalue weighted by Gasteiger charge is 2.12. The van der Waals surface area contributed by atoms with Gasteiger partial charge in [-0.05, 0) is 29.7 Å². The van der Waals surface area contributed by atoms with Crippen molar-refractivity contribution in [2.45, 2.75) is 26.2 Å². The second-order valence-corrected chi connectivity index (χ2v) is 5.32. The van der Waals surface area contributed by atoms with Crippen LogP contribution in [0.1, 0.15) is 31.0 Å². The van der Waals surface area contributed by atoms with Crippen LogP contribution < -0.4 is 0 Å². The number of fused-ring (bicyclic) bond motifs is 1. The molecule has 0 fully saturated rings. The molecule has 0 amide bonds. The maximum absolute atomic E-state index is 8.91. The van der Waals surface area contributed by atoms with Crippen molar-refractivity contribution in [3.63, 3.8) is 0 Å². The van der Waals surface area contributed by atoms with Gasteiger partial charge in [0.2, 0.25) is 0 Å². The van der Waals surface area contributed by atoms with Gasteiger partial charge in [-0.25, -0.2) is 0 Å². The number of pyridine rings is 1. The van der Waals surface area contributed by atoms with E-state index in [2.05, 4.69) is 24.9 Å². The van der Waals surface area contributed by atoms with Crippen LogP contribution in [0.25, 0.3) is 10.9 Å². The molecule has 0 aliphatic rings. The minimum atomic E-state index is 0.296. The third kappa shape index (κ3) is 2.43. The lowest BCUT2D eigenvalue weighted by Gasteiger charge is -2.11. The van der Waals surface area contributed by atoms with Crippen molar-refractivity contribution in [3.8, 4) is 6.07 Å². The van der Waals surface area contributed by atoms with E-state index in [9.17, 15) is 0 Å². The van der Waals surface area contributed by atoms with Crippen molar-refractivity contribution in [1.29, 1.82) is 5.26 Å². The summed E-state index contributed by atoms with van der Waals surface area (Å²) in [6.45, 7) is 4.13. The molecule has 2 rings (SSSR count). The molecule has 0 saturated carbocycles. The highest BCUT2D eigenvalue weighted by Crippen LogP contribution is 2.31. The number of rotatable bonds is 2. The largest absolute Gasteiger partial charge is 0.252 e. The predicted octanol–water partition coefficient (Wildman–Crippen LogP) is 4.73. The molecule has 2 aromatic rings. The predicted molar refractivity (Wildman–Crippen MR) is 75.2 cm³/mol. The monoisotopic (exact) mass is 278 g/mol. The van der Waals surface area contributed by atoms with Crippen LogP contribution in [0.3, 0.4) is 0 Å². The molecule has 0 spiro atoms. The summed E-state index contributed by atoms with van der Waals surface area (Å²) in [5, 5.41) is 10.8. The van der Waals surface area contributed by atoms with Crippen molar-refractivity contribution in [1.82, 2.24) is 4.98 Å². The Balaban J connectivity index is 2.81. The average molecular weight is 279 g/mol. The summed E-state index contributed by atoms with van der Waals surface area (Å²) in [7, 11) is 0. The summed E-state index contributed by atoms with van der Waals surface area (Å²) in [4.78, 5) is 4.56. The highest BCUT2D eigenvalue weighted by molar-refractivity contribution is 6.38. The molecule has 1 aromatic heterocycles. The van der Waals surface area contributed by atoms with E-state index in [4.69, 9.17) is 28.5 Å². The summed E-state index contributed by atoms with van der Waals surface area (Å²) in [6.07, 6.45) is 0.320. The first-order valence-corrected chi connectivity index (χ1v) is 6.44. The van der Waals surface area contributed by atoms with E-state index in [0.717, 1.165) is 22.2 Å². The zero-order valence-electron chi connectivity index (χ0n) is 10.2. The van der Waals surface area contributed by atoms with Gasteiger partial charge in [-0.15, -0.1) is 0 Å². The molecule has 18 heavy (non-hydrogen) atoms. The fourth-order valence-electron chi connectivity index (χ4n) is 1.91. The van der Waals surface area contributed by atoms with Gasteiger partial charge < -0.3 is 0 Å². The molecule has 4 heteroatoms. The zero-order valence-corrected chi connectivity index (χ0v) is 11.7. The molecule has 0 bridgehead atoms. The van der Waals surface area contributed by atoms with Gasteiger partial charge in [-0.2, -0.15) is 5.26 Å². The van der Waals surface area contributed by atoms with E-state index in [1.165, 1.54) is 0 Å². The second-order valence-electron chi connectivity index (χ2n) is 4.48. The average Bonchev–Trinajstić information content (AvgIpc) is 2.27. The van der Waals surface area contributed by atoms with Gasteiger partial charge in [-0.3, -0.25) is 4.98 Å². The Morgan fingerprint density at radius 2 is 2.00 bits per heavy atom. The summed E-state index contributed by atoms with van der Waals surface area (Å²) in [6, 6.07) is 7.59. The molecule has 0 radical (unpaired) electrons. The lowest BCUT2D eigenvalue weighted by molar-refractivity contribution is 0.827. The number of aromatic nitrogens is 1. The molecule has 0 N–H and O–H groups in total. The Morgan fingerprint density at radius 1 is 1.28 bits per heavy atom. The summed E-state index contributed by atoms with van der Waals surface area (Å²) < 4.78 is 0. The number of nitriles is 1. The summed E-state index contributed by atoms with van der Waals surface area (Å²) in [5.41, 5.74) is 2.61. The first-order chi connectivity index (χ1) is 8.52. The Kier molecular flexibility index (Phi) is 3.75. The first kappa shape index (κ1) is 13.1. The van der Waals surface area contributed by atoms with Crippen LogP contribution in [0.4, 0.5) is 0 Å². The van der Waals surface area contributed by atoms with E-state index < -0.39 is 0 Å². The number of halogens is 2. The van der Waals surface area contributed by atoms with Gasteiger partial charge in [0.05, 0.1) is 23.0 Å². The topological polar surface area (TPSA) is 36.7 Å². The normalized spacial score (nSPS) is 10.9. The van der Waals surface area contributed by atoms with Crippen molar-refractivity contribution in [2.24, 2.45) is 0 Å². The molecule has 0 aliphatic heterocycles. The van der Waals surface area contributed by atoms with Gasteiger partial charge in [0.1, 0.15) is 0 Å². The lowest BCUT2D eigenvalue weighted by Crippen LogP contribution is -1.97. The van der Waals surface area contributed by atoms with Crippen LogP contribution >= 0.6 is 23.2 Å². The number of hydrogen-bond donors (Lipinski definition) is 0. The van der Waals surface area contributed by atoms with E-state index in [1.807, 2.05) is 6.07 Å². The molecule has 2 nitrogen and oxygen atoms in total. The van der Waals surface area contributed by atoms with Crippen molar-refractivity contribution in [3.05, 3.63) is 39.5 Å². The SMILES string of the molecule is CC(C)c1cc(CC#N)c2c(Cl)cc(Cl)cc2n1. The second kappa shape index (κ2) is 5.14. The maximum atomic E-state index is 8.91. The van der Waals surface area contributed by atoms with E-state index in [1.54, 1.807) is 12.1 Å². The van der Waals surface area contributed by atoms with Crippen LogP contribution in [0.15, 0.2) is 18.2 Å². The first-order valence-electron chi connectivity index (χ1n) is 5.68. The molecular formula is C14H12Cl2N2. The lowest BCUT2D eigenvalue weighted by atomic mass is 10.0.